The van der Waals surface area contributed by atoms with Crippen molar-refractivity contribution in [2.45, 2.75) is 10.9 Å². The predicted octanol–water partition coefficient (Wildman–Crippen LogP) is 3.16. The Morgan fingerprint density at radius 1 is 1.21 bits per heavy atom. The van der Waals surface area contributed by atoms with Gasteiger partial charge in [0.1, 0.15) is 0 Å². The fraction of sp³-hybridized carbons (Fsp3) is 0.150. The molecule has 2 heterocycles. The summed E-state index contributed by atoms with van der Waals surface area (Å²) in [6, 6.07) is 12.8. The van der Waals surface area contributed by atoms with Crippen molar-refractivity contribution in [1.29, 1.82) is 0 Å². The molecule has 144 valence electrons. The van der Waals surface area contributed by atoms with E-state index in [1.165, 1.54) is 23.3 Å². The van der Waals surface area contributed by atoms with Crippen LogP contribution in [0.1, 0.15) is 5.69 Å². The van der Waals surface area contributed by atoms with Gasteiger partial charge in [-0.05, 0) is 48.6 Å². The number of benzene rings is 1. The molecule has 0 aliphatic carbocycles. The highest BCUT2D eigenvalue weighted by Gasteiger charge is 2.32. The second kappa shape index (κ2) is 8.46. The van der Waals surface area contributed by atoms with Crippen LogP contribution in [0.5, 0.6) is 0 Å². The average Bonchev–Trinajstić information content (AvgIpc) is 2.69. The number of halogens is 2. The van der Waals surface area contributed by atoms with E-state index in [4.69, 9.17) is 28.9 Å². The Kier molecular flexibility index (Phi) is 6.02. The van der Waals surface area contributed by atoms with Crippen LogP contribution in [0.15, 0.2) is 72.6 Å². The van der Waals surface area contributed by atoms with E-state index in [1.54, 1.807) is 35.4 Å². The summed E-state index contributed by atoms with van der Waals surface area (Å²) < 4.78 is -1.36. The van der Waals surface area contributed by atoms with Gasteiger partial charge >= 0.3 is 0 Å². The summed E-state index contributed by atoms with van der Waals surface area (Å²) in [7, 11) is 0. The van der Waals surface area contributed by atoms with Crippen molar-refractivity contribution in [2.24, 2.45) is 5.73 Å². The van der Waals surface area contributed by atoms with Crippen LogP contribution in [-0.2, 0) is 16.0 Å². The smallest absolute Gasteiger partial charge is 0.250 e. The second-order valence-electron chi connectivity index (χ2n) is 6.13. The number of alkyl halides is 2. The van der Waals surface area contributed by atoms with Crippen LogP contribution in [0.4, 0.5) is 11.4 Å². The van der Waals surface area contributed by atoms with Gasteiger partial charge in [-0.25, -0.2) is 0 Å². The number of nitrogens with two attached hydrogens (primary N) is 1. The molecule has 1 aromatic heterocycles. The summed E-state index contributed by atoms with van der Waals surface area (Å²) in [4.78, 5) is 30.3. The minimum atomic E-state index is -1.36. The fourth-order valence-electron chi connectivity index (χ4n) is 2.76. The van der Waals surface area contributed by atoms with E-state index < -0.39 is 10.4 Å². The summed E-state index contributed by atoms with van der Waals surface area (Å²) in [5.74, 6) is -0.580. The monoisotopic (exact) mass is 416 g/mol. The zero-order valence-electron chi connectivity index (χ0n) is 14.8. The number of hydrogen-bond donors (Lipinski definition) is 1. The highest BCUT2D eigenvalue weighted by Crippen LogP contribution is 2.37. The minimum absolute atomic E-state index is 0.283. The maximum absolute atomic E-state index is 11.5. The van der Waals surface area contributed by atoms with Crippen LogP contribution in [-0.4, -0.2) is 28.3 Å². The van der Waals surface area contributed by atoms with Crippen LogP contribution >= 0.6 is 23.2 Å². The lowest BCUT2D eigenvalue weighted by Crippen LogP contribution is -2.37. The van der Waals surface area contributed by atoms with E-state index >= 15 is 0 Å². The molecule has 0 bridgehead atoms. The van der Waals surface area contributed by atoms with E-state index in [0.29, 0.717) is 18.7 Å². The van der Waals surface area contributed by atoms with Gasteiger partial charge in [-0.1, -0.05) is 29.3 Å². The van der Waals surface area contributed by atoms with Crippen molar-refractivity contribution in [3.05, 3.63) is 78.3 Å². The number of pyridine rings is 1. The third-order valence-electron chi connectivity index (χ3n) is 4.26. The number of anilines is 2. The Morgan fingerprint density at radius 2 is 1.96 bits per heavy atom. The van der Waals surface area contributed by atoms with Crippen LogP contribution in [0.2, 0.25) is 0 Å². The molecule has 0 radical (unpaired) electrons. The Morgan fingerprint density at radius 3 is 2.57 bits per heavy atom. The van der Waals surface area contributed by atoms with Gasteiger partial charge in [0.25, 0.3) is 0 Å². The first-order valence-corrected chi connectivity index (χ1v) is 9.26. The molecule has 2 aromatic rings. The Labute approximate surface area is 172 Å². The zero-order chi connectivity index (χ0) is 20.1. The molecule has 6 nitrogen and oxygen atoms in total. The molecule has 0 saturated heterocycles. The Bertz CT molecular complexity index is 912. The van der Waals surface area contributed by atoms with Gasteiger partial charge in [0.2, 0.25) is 16.8 Å². The Hall–Kier alpha value is -2.83. The molecule has 2 N–H and O–H groups in total. The number of carbonyl (C=O) groups excluding carboxylic acids is 2. The number of hydrogen-bond acceptors (Lipinski definition) is 4. The van der Waals surface area contributed by atoms with Gasteiger partial charge in [-0.3, -0.25) is 14.6 Å². The van der Waals surface area contributed by atoms with E-state index in [9.17, 15) is 9.59 Å². The van der Waals surface area contributed by atoms with Crippen molar-refractivity contribution in [3.8, 4) is 0 Å². The second-order valence-corrected chi connectivity index (χ2v) is 7.47. The zero-order valence-corrected chi connectivity index (χ0v) is 16.3. The first-order valence-electron chi connectivity index (χ1n) is 8.50. The number of nitrogens with zero attached hydrogens (tertiary/aromatic N) is 3. The van der Waals surface area contributed by atoms with Crippen molar-refractivity contribution < 1.29 is 9.59 Å². The molecule has 28 heavy (non-hydrogen) atoms. The van der Waals surface area contributed by atoms with Crippen molar-refractivity contribution in [1.82, 2.24) is 4.98 Å². The molecule has 0 unspecified atom stereocenters. The summed E-state index contributed by atoms with van der Waals surface area (Å²) in [6.07, 6.45) is 7.60. The average molecular weight is 417 g/mol. The molecule has 2 amide bonds. The SMILES string of the molecule is NC(=O)C1=CN(c2ccc(N(C=O)CCc3ccccn3)cc2)C(Cl)(Cl)C=C1. The number of rotatable bonds is 7. The summed E-state index contributed by atoms with van der Waals surface area (Å²) >= 11 is 12.6. The lowest BCUT2D eigenvalue weighted by atomic mass is 10.1. The first-order chi connectivity index (χ1) is 13.4. The molecule has 0 saturated carbocycles. The largest absolute Gasteiger partial charge is 0.366 e. The summed E-state index contributed by atoms with van der Waals surface area (Å²) in [6.45, 7) is 0.493. The highest BCUT2D eigenvalue weighted by molar-refractivity contribution is 6.51. The fourth-order valence-corrected chi connectivity index (χ4v) is 3.18. The van der Waals surface area contributed by atoms with E-state index in [0.717, 1.165) is 17.8 Å². The molecule has 8 heteroatoms. The van der Waals surface area contributed by atoms with E-state index in [-0.39, 0.29) is 5.57 Å². The molecule has 1 aliphatic rings. The third-order valence-corrected chi connectivity index (χ3v) is 4.88. The molecule has 1 aliphatic heterocycles. The van der Waals surface area contributed by atoms with Crippen LogP contribution in [0, 0.1) is 0 Å². The van der Waals surface area contributed by atoms with Crippen molar-refractivity contribution in [3.63, 3.8) is 0 Å². The van der Waals surface area contributed by atoms with Crippen LogP contribution in [0.3, 0.4) is 0 Å². The third kappa shape index (κ3) is 4.52. The normalized spacial score (nSPS) is 15.1. The topological polar surface area (TPSA) is 79.5 Å². The number of carbonyl (C=O) groups is 2. The molecule has 0 fully saturated rings. The number of primary amides is 1. The maximum atomic E-state index is 11.5. The molecular weight excluding hydrogens is 399 g/mol. The van der Waals surface area contributed by atoms with Crippen molar-refractivity contribution in [2.75, 3.05) is 16.3 Å². The maximum Gasteiger partial charge on any atom is 0.250 e. The van der Waals surface area contributed by atoms with Crippen molar-refractivity contribution >= 4 is 46.9 Å². The number of aromatic nitrogens is 1. The van der Waals surface area contributed by atoms with Gasteiger partial charge in [0.05, 0.1) is 5.57 Å². The lowest BCUT2D eigenvalue weighted by molar-refractivity contribution is -0.114. The molecule has 0 atom stereocenters. The standard InChI is InChI=1S/C20H18Cl2N4O2/c21-20(22)10-8-15(19(23)28)13-26(20)18-6-4-17(5-7-18)25(14-27)12-9-16-3-1-2-11-24-16/h1-8,10-11,13-14H,9,12H2,(H2,23,28). The van der Waals surface area contributed by atoms with Gasteiger partial charge in [-0.15, -0.1) is 0 Å². The van der Waals surface area contributed by atoms with Gasteiger partial charge in [0, 0.05) is 42.4 Å². The minimum Gasteiger partial charge on any atom is -0.366 e. The van der Waals surface area contributed by atoms with E-state index in [1.807, 2.05) is 18.2 Å². The van der Waals surface area contributed by atoms with Crippen LogP contribution < -0.4 is 15.5 Å². The molecule has 0 spiro atoms. The van der Waals surface area contributed by atoms with Crippen LogP contribution in [0.25, 0.3) is 0 Å². The summed E-state index contributed by atoms with van der Waals surface area (Å²) in [5, 5.41) is 0. The molecule has 1 aromatic carbocycles. The van der Waals surface area contributed by atoms with E-state index in [2.05, 4.69) is 4.98 Å². The van der Waals surface area contributed by atoms with Gasteiger partial charge in [-0.2, -0.15) is 0 Å². The Balaban J connectivity index is 1.77. The summed E-state index contributed by atoms with van der Waals surface area (Å²) in [5.41, 5.74) is 7.89. The molecular formula is C20H18Cl2N4O2. The predicted molar refractivity (Wildman–Crippen MR) is 111 cm³/mol. The number of amides is 2. The highest BCUT2D eigenvalue weighted by atomic mass is 35.5. The quantitative estimate of drug-likeness (QED) is 0.427. The van der Waals surface area contributed by atoms with Gasteiger partial charge in [0.15, 0.2) is 0 Å². The lowest BCUT2D eigenvalue weighted by Gasteiger charge is -2.34. The first kappa shape index (κ1) is 19.9. The van der Waals surface area contributed by atoms with Gasteiger partial charge < -0.3 is 15.5 Å². The molecule has 3 rings (SSSR count).